The van der Waals surface area contributed by atoms with Gasteiger partial charge in [0.15, 0.2) is 0 Å². The molecule has 1 heterocycles. The van der Waals surface area contributed by atoms with E-state index in [-0.39, 0.29) is 11.5 Å². The van der Waals surface area contributed by atoms with Crippen molar-refractivity contribution in [3.63, 3.8) is 0 Å². The van der Waals surface area contributed by atoms with E-state index in [0.29, 0.717) is 16.9 Å². The predicted octanol–water partition coefficient (Wildman–Crippen LogP) is 2.01. The minimum absolute atomic E-state index is 0.0292. The zero-order valence-corrected chi connectivity index (χ0v) is 13.7. The van der Waals surface area contributed by atoms with Crippen molar-refractivity contribution in [2.24, 2.45) is 5.73 Å². The van der Waals surface area contributed by atoms with Crippen molar-refractivity contribution in [1.82, 2.24) is 9.13 Å². The number of nitrogens with zero attached hydrogens (tertiary/aromatic N) is 2. The van der Waals surface area contributed by atoms with E-state index in [2.05, 4.69) is 0 Å². The summed E-state index contributed by atoms with van der Waals surface area (Å²) >= 11 is 0. The van der Waals surface area contributed by atoms with E-state index in [1.54, 1.807) is 60.9 Å². The average molecular weight is 348 g/mol. The topological polar surface area (TPSA) is 114 Å². The molecule has 0 bridgehead atoms. The number of aliphatic carboxylic acids is 1. The maximum Gasteiger partial charge on any atom is 0.337 e. The lowest BCUT2D eigenvalue weighted by Gasteiger charge is -2.04. The van der Waals surface area contributed by atoms with Gasteiger partial charge in [-0.3, -0.25) is 14.5 Å². The molecular weight excluding hydrogens is 332 g/mol. The molecule has 0 spiro atoms. The number of carbonyl (C=O) groups is 1. The highest BCUT2D eigenvalue weighted by Crippen LogP contribution is 2.12. The molecule has 7 heteroatoms. The van der Waals surface area contributed by atoms with Gasteiger partial charge in [-0.2, -0.15) is 0 Å². The number of nitrogens with one attached hydrogen (secondary N) is 1. The molecule has 7 nitrogen and oxygen atoms in total. The van der Waals surface area contributed by atoms with Crippen molar-refractivity contribution < 1.29 is 9.90 Å². The van der Waals surface area contributed by atoms with Gasteiger partial charge in [-0.15, -0.1) is 0 Å². The van der Waals surface area contributed by atoms with Crippen LogP contribution in [0.3, 0.4) is 0 Å². The summed E-state index contributed by atoms with van der Waals surface area (Å²) in [4.78, 5) is 23.2. The summed E-state index contributed by atoms with van der Waals surface area (Å²) in [7, 11) is 0. The number of nitrogen functional groups attached to an aromatic ring is 1. The SMILES string of the molecule is N=C(N)c1ccc(-n2ccn(-c3ccc(C=CC(=O)O)cc3)c2=O)cc1. The fourth-order valence-electron chi connectivity index (χ4n) is 2.49. The summed E-state index contributed by atoms with van der Waals surface area (Å²) in [6.45, 7) is 0. The van der Waals surface area contributed by atoms with Crippen LogP contribution in [0.4, 0.5) is 0 Å². The predicted molar refractivity (Wildman–Crippen MR) is 99.1 cm³/mol. The lowest BCUT2D eigenvalue weighted by Crippen LogP contribution is -2.21. The standard InChI is InChI=1S/C19H16N4O3/c20-18(21)14-4-8-16(9-5-14)23-12-11-22(19(23)26)15-6-1-13(2-7-15)3-10-17(24)25/h1-12H,(H3,20,21)(H,24,25). The van der Waals surface area contributed by atoms with E-state index in [0.717, 1.165) is 11.6 Å². The molecule has 0 fully saturated rings. The quantitative estimate of drug-likeness (QED) is 0.372. The summed E-state index contributed by atoms with van der Waals surface area (Å²) in [5, 5.41) is 16.1. The Kier molecular flexibility index (Phi) is 4.53. The zero-order chi connectivity index (χ0) is 18.7. The van der Waals surface area contributed by atoms with Crippen molar-refractivity contribution in [2.45, 2.75) is 0 Å². The maximum atomic E-state index is 12.7. The largest absolute Gasteiger partial charge is 0.478 e. The van der Waals surface area contributed by atoms with Crippen LogP contribution in [0.2, 0.25) is 0 Å². The second-order valence-corrected chi connectivity index (χ2v) is 5.54. The monoisotopic (exact) mass is 348 g/mol. The number of carboxylic acids is 1. The molecule has 0 saturated heterocycles. The number of rotatable bonds is 5. The van der Waals surface area contributed by atoms with Crippen molar-refractivity contribution in [3.8, 4) is 11.4 Å². The third-order valence-electron chi connectivity index (χ3n) is 3.82. The normalized spacial score (nSPS) is 10.9. The van der Waals surface area contributed by atoms with Gasteiger partial charge in [0.05, 0.1) is 11.4 Å². The van der Waals surface area contributed by atoms with Gasteiger partial charge in [-0.1, -0.05) is 12.1 Å². The molecule has 0 saturated carbocycles. The zero-order valence-electron chi connectivity index (χ0n) is 13.7. The van der Waals surface area contributed by atoms with Crippen LogP contribution in [0.5, 0.6) is 0 Å². The van der Waals surface area contributed by atoms with E-state index in [9.17, 15) is 9.59 Å². The average Bonchev–Trinajstić information content (AvgIpc) is 3.02. The van der Waals surface area contributed by atoms with E-state index >= 15 is 0 Å². The molecule has 130 valence electrons. The van der Waals surface area contributed by atoms with Crippen LogP contribution in [-0.4, -0.2) is 26.0 Å². The molecule has 0 aliphatic rings. The Bertz CT molecular complexity index is 1040. The maximum absolute atomic E-state index is 12.7. The van der Waals surface area contributed by atoms with Crippen molar-refractivity contribution in [2.75, 3.05) is 0 Å². The molecule has 4 N–H and O–H groups in total. The summed E-state index contributed by atoms with van der Waals surface area (Å²) in [6, 6.07) is 13.8. The molecular formula is C19H16N4O3. The number of aromatic nitrogens is 2. The van der Waals surface area contributed by atoms with E-state index in [4.69, 9.17) is 16.2 Å². The molecule has 0 atom stereocenters. The summed E-state index contributed by atoms with van der Waals surface area (Å²) < 4.78 is 2.98. The van der Waals surface area contributed by atoms with Crippen LogP contribution >= 0.6 is 0 Å². The van der Waals surface area contributed by atoms with Crippen LogP contribution in [0.25, 0.3) is 17.5 Å². The second kappa shape index (κ2) is 6.94. The molecule has 0 aliphatic heterocycles. The Balaban J connectivity index is 1.90. The van der Waals surface area contributed by atoms with Gasteiger partial charge in [0, 0.05) is 24.0 Å². The van der Waals surface area contributed by atoms with Crippen LogP contribution in [0.15, 0.2) is 71.8 Å². The number of benzene rings is 2. The fraction of sp³-hybridized carbons (Fsp3) is 0. The van der Waals surface area contributed by atoms with Crippen LogP contribution < -0.4 is 11.4 Å². The molecule has 0 unspecified atom stereocenters. The highest BCUT2D eigenvalue weighted by Gasteiger charge is 2.07. The minimum Gasteiger partial charge on any atom is -0.478 e. The van der Waals surface area contributed by atoms with E-state index in [1.807, 2.05) is 0 Å². The first-order valence-corrected chi connectivity index (χ1v) is 7.72. The number of hydrogen-bond acceptors (Lipinski definition) is 3. The Hall–Kier alpha value is -3.87. The van der Waals surface area contributed by atoms with Crippen LogP contribution in [0.1, 0.15) is 11.1 Å². The minimum atomic E-state index is -1.02. The van der Waals surface area contributed by atoms with Crippen molar-refractivity contribution in [3.05, 3.63) is 88.6 Å². The lowest BCUT2D eigenvalue weighted by atomic mass is 10.2. The number of carboxylic acid groups (broad SMARTS) is 1. The van der Waals surface area contributed by atoms with Gasteiger partial charge in [-0.25, -0.2) is 9.59 Å². The van der Waals surface area contributed by atoms with Crippen molar-refractivity contribution >= 4 is 17.9 Å². The molecule has 2 aromatic carbocycles. The molecule has 0 radical (unpaired) electrons. The van der Waals surface area contributed by atoms with Gasteiger partial charge in [0.1, 0.15) is 5.84 Å². The van der Waals surface area contributed by atoms with Gasteiger partial charge in [0.25, 0.3) is 0 Å². The Labute approximate surface area is 148 Å². The van der Waals surface area contributed by atoms with Gasteiger partial charge in [-0.05, 0) is 48.0 Å². The lowest BCUT2D eigenvalue weighted by molar-refractivity contribution is -0.131. The Morgan fingerprint density at radius 2 is 1.46 bits per heavy atom. The van der Waals surface area contributed by atoms with Gasteiger partial charge in [0.2, 0.25) is 0 Å². The van der Waals surface area contributed by atoms with Gasteiger partial charge < -0.3 is 10.8 Å². The Morgan fingerprint density at radius 1 is 0.962 bits per heavy atom. The summed E-state index contributed by atoms with van der Waals surface area (Å²) in [6.07, 6.45) is 5.85. The fourth-order valence-corrected chi connectivity index (χ4v) is 2.49. The molecule has 3 rings (SSSR count). The summed E-state index contributed by atoms with van der Waals surface area (Å²) in [5.41, 5.74) is 7.84. The van der Waals surface area contributed by atoms with E-state index in [1.165, 1.54) is 15.2 Å². The van der Waals surface area contributed by atoms with Gasteiger partial charge >= 0.3 is 11.7 Å². The third-order valence-corrected chi connectivity index (χ3v) is 3.82. The number of imidazole rings is 1. The Morgan fingerprint density at radius 3 is 1.92 bits per heavy atom. The first-order chi connectivity index (χ1) is 12.5. The number of hydrogen-bond donors (Lipinski definition) is 3. The molecule has 26 heavy (non-hydrogen) atoms. The number of amidine groups is 1. The molecule has 0 aliphatic carbocycles. The molecule has 1 aromatic heterocycles. The molecule has 0 amide bonds. The second-order valence-electron chi connectivity index (χ2n) is 5.54. The first-order valence-electron chi connectivity index (χ1n) is 7.72. The van der Waals surface area contributed by atoms with Crippen LogP contribution in [-0.2, 0) is 4.79 Å². The van der Waals surface area contributed by atoms with Crippen LogP contribution in [0, 0.1) is 5.41 Å². The number of nitrogens with two attached hydrogens (primary N) is 1. The molecule has 3 aromatic rings. The highest BCUT2D eigenvalue weighted by molar-refractivity contribution is 5.95. The third kappa shape index (κ3) is 3.46. The van der Waals surface area contributed by atoms with Crippen molar-refractivity contribution in [1.29, 1.82) is 5.41 Å². The smallest absolute Gasteiger partial charge is 0.337 e. The highest BCUT2D eigenvalue weighted by atomic mass is 16.4. The van der Waals surface area contributed by atoms with E-state index < -0.39 is 5.97 Å². The summed E-state index contributed by atoms with van der Waals surface area (Å²) in [5.74, 6) is -1.04. The first kappa shape index (κ1) is 17.0.